The Kier molecular flexibility index (Phi) is 8.08. The van der Waals surface area contributed by atoms with Gasteiger partial charge in [-0.25, -0.2) is 0 Å². The molecule has 1 aromatic heterocycles. The van der Waals surface area contributed by atoms with Crippen LogP contribution in [0.3, 0.4) is 0 Å². The van der Waals surface area contributed by atoms with Crippen LogP contribution in [-0.4, -0.2) is 4.57 Å². The molecule has 3 aliphatic carbocycles. The van der Waals surface area contributed by atoms with Crippen molar-refractivity contribution in [2.75, 3.05) is 9.80 Å². The van der Waals surface area contributed by atoms with Crippen molar-refractivity contribution in [1.82, 2.24) is 4.57 Å². The second kappa shape index (κ2) is 15.9. The fourth-order valence-electron chi connectivity index (χ4n) is 13.2. The molecule has 1 spiro atoms. The highest BCUT2D eigenvalue weighted by Gasteiger charge is 2.52. The van der Waals surface area contributed by atoms with Crippen molar-refractivity contribution in [1.29, 1.82) is 0 Å². The summed E-state index contributed by atoms with van der Waals surface area (Å²) in [6, 6.07) is 79.2. The van der Waals surface area contributed by atoms with Gasteiger partial charge >= 0.3 is 0 Å². The quantitative estimate of drug-likeness (QED) is 0.158. The molecule has 0 N–H and O–H groups in total. The van der Waals surface area contributed by atoms with E-state index in [0.29, 0.717) is 11.3 Å². The number of hydrogen-bond donors (Lipinski definition) is 0. The van der Waals surface area contributed by atoms with Crippen LogP contribution in [-0.2, 0) is 17.9 Å². The minimum Gasteiger partial charge on any atom is -0.344 e. The zero-order chi connectivity index (χ0) is 53.6. The SMILES string of the molecule is [2H]c1c([2H])c([2H])c(-c2ccccc2N(c2ccc3c(c2)C(C)(C)c2ccccc2-3)c2ccc3c(c2)C2(c4ccccc4-c4ccc(N(c5ccccc5)c5ccc6c7ccccc7n(C)c6c5)cc42)c2ccccc2-3)c([2H])c1[2H]. The second-order valence-electron chi connectivity index (χ2n) is 20.5. The highest BCUT2D eigenvalue weighted by molar-refractivity contribution is 6.09. The van der Waals surface area contributed by atoms with Crippen LogP contribution in [0.15, 0.2) is 255 Å². The number of aryl methyl sites for hydroxylation is 1. The van der Waals surface area contributed by atoms with E-state index in [-0.39, 0.29) is 35.1 Å². The standard InChI is InChI=1S/C71H51N3/c1-70(2)61-29-15-10-25-53(61)56-38-35-49(42-64(56)70)74(68-33-19-13-24-52(68)46-20-6-4-7-21-46)50-36-40-58-55-27-12-17-31-63(55)71(66(58)44-50)62-30-16-11-26-54(62)57-39-34-48(43-65(57)71)73(47-22-8-5-9-23-47)51-37-41-60-59-28-14-18-32-67(59)72(3)69(60)45-51/h4-45H,1-3H3/i4D,6D,7D,20D,21D. The zero-order valence-corrected chi connectivity index (χ0v) is 41.2. The first-order valence-corrected chi connectivity index (χ1v) is 25.5. The average Bonchev–Trinajstić information content (AvgIpc) is 3.16. The van der Waals surface area contributed by atoms with Gasteiger partial charge in [-0.2, -0.15) is 0 Å². The summed E-state index contributed by atoms with van der Waals surface area (Å²) in [4.78, 5) is 4.63. The molecular formula is C71H51N3. The maximum Gasteiger partial charge on any atom is 0.0727 e. The van der Waals surface area contributed by atoms with Crippen LogP contribution >= 0.6 is 0 Å². The number of para-hydroxylation sites is 3. The predicted molar refractivity (Wildman–Crippen MR) is 309 cm³/mol. The van der Waals surface area contributed by atoms with Gasteiger partial charge in [0, 0.05) is 62.8 Å². The Labute approximate surface area is 439 Å². The van der Waals surface area contributed by atoms with Crippen molar-refractivity contribution in [3.63, 3.8) is 0 Å². The van der Waals surface area contributed by atoms with Gasteiger partial charge in [0.05, 0.1) is 23.5 Å². The first-order valence-electron chi connectivity index (χ1n) is 28.0. The Balaban J connectivity index is 0.986. The summed E-state index contributed by atoms with van der Waals surface area (Å²) in [5.74, 6) is 0. The van der Waals surface area contributed by atoms with Crippen LogP contribution in [0.25, 0.3) is 66.3 Å². The van der Waals surface area contributed by atoms with E-state index in [2.05, 4.69) is 235 Å². The third-order valence-electron chi connectivity index (χ3n) is 16.5. The molecule has 0 fully saturated rings. The smallest absolute Gasteiger partial charge is 0.0727 e. The Bertz CT molecular complexity index is 4530. The summed E-state index contributed by atoms with van der Waals surface area (Å²) in [5.41, 5.74) is 21.8. The normalized spacial score (nSPS) is 16.1. The Hall–Kier alpha value is -9.18. The lowest BCUT2D eigenvalue weighted by Gasteiger charge is -2.34. The van der Waals surface area contributed by atoms with E-state index < -0.39 is 11.5 Å². The van der Waals surface area contributed by atoms with Crippen molar-refractivity contribution in [2.45, 2.75) is 24.7 Å². The topological polar surface area (TPSA) is 11.4 Å². The lowest BCUT2D eigenvalue weighted by Crippen LogP contribution is -2.26. The average molecular weight is 951 g/mol. The summed E-state index contributed by atoms with van der Waals surface area (Å²) in [5, 5.41) is 2.45. The molecule has 0 amide bonds. The molecule has 3 heteroatoms. The molecule has 0 bridgehead atoms. The molecule has 15 rings (SSSR count). The molecule has 3 nitrogen and oxygen atoms in total. The minimum absolute atomic E-state index is 0.152. The highest BCUT2D eigenvalue weighted by Crippen LogP contribution is 2.64. The van der Waals surface area contributed by atoms with Crippen molar-refractivity contribution in [3.05, 3.63) is 288 Å². The molecule has 1 atom stereocenters. The third-order valence-corrected chi connectivity index (χ3v) is 16.5. The van der Waals surface area contributed by atoms with E-state index in [9.17, 15) is 2.74 Å². The molecule has 74 heavy (non-hydrogen) atoms. The number of benzene rings is 11. The third kappa shape index (κ3) is 5.89. The molecule has 0 aliphatic heterocycles. The van der Waals surface area contributed by atoms with Gasteiger partial charge < -0.3 is 14.4 Å². The van der Waals surface area contributed by atoms with Crippen LogP contribution in [0.2, 0.25) is 0 Å². The van der Waals surface area contributed by atoms with Gasteiger partial charge in [-0.15, -0.1) is 0 Å². The summed E-state index contributed by atoms with van der Waals surface area (Å²) < 4.78 is 47.1. The van der Waals surface area contributed by atoms with Gasteiger partial charge in [0.1, 0.15) is 0 Å². The van der Waals surface area contributed by atoms with E-state index in [1.807, 2.05) is 24.3 Å². The van der Waals surface area contributed by atoms with Crippen molar-refractivity contribution < 1.29 is 6.85 Å². The van der Waals surface area contributed by atoms with Crippen LogP contribution in [0, 0.1) is 0 Å². The van der Waals surface area contributed by atoms with E-state index in [4.69, 9.17) is 4.11 Å². The molecule has 11 aromatic carbocycles. The number of fused-ring (bicyclic) bond motifs is 16. The van der Waals surface area contributed by atoms with Crippen molar-refractivity contribution >= 4 is 55.9 Å². The number of anilines is 6. The van der Waals surface area contributed by atoms with Crippen LogP contribution < -0.4 is 9.80 Å². The van der Waals surface area contributed by atoms with Crippen LogP contribution in [0.5, 0.6) is 0 Å². The Morgan fingerprint density at radius 3 is 1.47 bits per heavy atom. The molecule has 0 saturated carbocycles. The van der Waals surface area contributed by atoms with E-state index >= 15 is 0 Å². The summed E-state index contributed by atoms with van der Waals surface area (Å²) in [7, 11) is 2.15. The lowest BCUT2D eigenvalue weighted by atomic mass is 9.70. The molecule has 0 radical (unpaired) electrons. The van der Waals surface area contributed by atoms with Crippen LogP contribution in [0.4, 0.5) is 34.1 Å². The summed E-state index contributed by atoms with van der Waals surface area (Å²) in [6.45, 7) is 4.57. The van der Waals surface area contributed by atoms with Gasteiger partial charge in [0.2, 0.25) is 0 Å². The fraction of sp³-hybridized carbons (Fsp3) is 0.0704. The maximum absolute atomic E-state index is 9.30. The maximum atomic E-state index is 9.30. The van der Waals surface area contributed by atoms with E-state index in [1.165, 1.54) is 71.9 Å². The van der Waals surface area contributed by atoms with Gasteiger partial charge in [0.25, 0.3) is 0 Å². The Morgan fingerprint density at radius 2 is 0.811 bits per heavy atom. The van der Waals surface area contributed by atoms with E-state index in [0.717, 1.165) is 45.1 Å². The molecule has 1 heterocycles. The first-order chi connectivity index (χ1) is 38.5. The molecule has 12 aromatic rings. The lowest BCUT2D eigenvalue weighted by molar-refractivity contribution is 0.660. The number of nitrogens with zero attached hydrogens (tertiary/aromatic N) is 3. The number of rotatable bonds is 7. The fourth-order valence-corrected chi connectivity index (χ4v) is 13.2. The monoisotopic (exact) mass is 950 g/mol. The van der Waals surface area contributed by atoms with Crippen molar-refractivity contribution in [3.8, 4) is 44.5 Å². The number of hydrogen-bond acceptors (Lipinski definition) is 2. The highest BCUT2D eigenvalue weighted by atomic mass is 15.2. The first kappa shape index (κ1) is 37.6. The molecule has 350 valence electrons. The van der Waals surface area contributed by atoms with Crippen LogP contribution in [0.1, 0.15) is 54.1 Å². The summed E-state index contributed by atoms with van der Waals surface area (Å²) in [6.07, 6.45) is 0. The molecule has 1 unspecified atom stereocenters. The number of aromatic nitrogens is 1. The zero-order valence-electron chi connectivity index (χ0n) is 46.2. The van der Waals surface area contributed by atoms with Crippen molar-refractivity contribution in [2.24, 2.45) is 7.05 Å². The largest absolute Gasteiger partial charge is 0.344 e. The predicted octanol–water partition coefficient (Wildman–Crippen LogP) is 18.6. The molecule has 3 aliphatic rings. The summed E-state index contributed by atoms with van der Waals surface area (Å²) >= 11 is 0. The van der Waals surface area contributed by atoms with Gasteiger partial charge in [-0.3, -0.25) is 0 Å². The Morgan fingerprint density at radius 1 is 0.351 bits per heavy atom. The molecule has 0 saturated heterocycles. The van der Waals surface area contributed by atoms with Gasteiger partial charge in [-0.05, 0) is 145 Å². The second-order valence-corrected chi connectivity index (χ2v) is 20.5. The minimum atomic E-state index is -0.758. The van der Waals surface area contributed by atoms with Gasteiger partial charge in [-0.1, -0.05) is 196 Å². The van der Waals surface area contributed by atoms with E-state index in [1.54, 1.807) is 0 Å². The van der Waals surface area contributed by atoms with Gasteiger partial charge in [0.15, 0.2) is 0 Å². The molecular weight excluding hydrogens is 895 g/mol.